The lowest BCUT2D eigenvalue weighted by Crippen LogP contribution is -2.46. The van der Waals surface area contributed by atoms with Crippen LogP contribution in [0.1, 0.15) is 31.5 Å². The molecule has 1 aromatic carbocycles. The molecule has 3 aromatic rings. The standard InChI is InChI=1S/C23H28N6O/c1-16-24-13-18(14-25-16)17-2-7-22-21(12-17)23(27-15-26-22)28-19-3-5-20(6-4-19)29-8-10-30-11-9-29/h2,7,12-15,19-20H,3-6,8-11H2,1H3,(H,26,27,28)/t19-,20-. The Kier molecular flexibility index (Phi) is 5.55. The van der Waals surface area contributed by atoms with Crippen molar-refractivity contribution in [1.29, 1.82) is 0 Å². The molecule has 0 unspecified atom stereocenters. The third-order valence-corrected chi connectivity index (χ3v) is 6.35. The van der Waals surface area contributed by atoms with Gasteiger partial charge in [-0.15, -0.1) is 0 Å². The molecule has 2 fully saturated rings. The molecular weight excluding hydrogens is 376 g/mol. The summed E-state index contributed by atoms with van der Waals surface area (Å²) in [7, 11) is 0. The first-order valence-corrected chi connectivity index (χ1v) is 10.9. The Balaban J connectivity index is 1.32. The molecule has 1 N–H and O–H groups in total. The van der Waals surface area contributed by atoms with Gasteiger partial charge in [-0.25, -0.2) is 19.9 Å². The second-order valence-electron chi connectivity index (χ2n) is 8.27. The molecule has 3 heterocycles. The molecule has 2 aliphatic rings. The Bertz CT molecular complexity index is 994. The molecule has 0 radical (unpaired) electrons. The van der Waals surface area contributed by atoms with Gasteiger partial charge in [0, 0.05) is 48.5 Å². The molecule has 0 bridgehead atoms. The molecule has 1 saturated carbocycles. The van der Waals surface area contributed by atoms with E-state index in [1.165, 1.54) is 25.7 Å². The van der Waals surface area contributed by atoms with Gasteiger partial charge >= 0.3 is 0 Å². The van der Waals surface area contributed by atoms with E-state index in [9.17, 15) is 0 Å². The van der Waals surface area contributed by atoms with Gasteiger partial charge in [-0.05, 0) is 50.3 Å². The van der Waals surface area contributed by atoms with Crippen LogP contribution in [0.3, 0.4) is 0 Å². The Labute approximate surface area is 176 Å². The zero-order valence-corrected chi connectivity index (χ0v) is 17.4. The van der Waals surface area contributed by atoms with Gasteiger partial charge in [0.15, 0.2) is 0 Å². The zero-order valence-electron chi connectivity index (χ0n) is 17.4. The number of nitrogens with one attached hydrogen (secondary N) is 1. The molecule has 5 rings (SSSR count). The number of fused-ring (bicyclic) bond motifs is 1. The van der Waals surface area contributed by atoms with Crippen LogP contribution in [0.15, 0.2) is 36.9 Å². The minimum atomic E-state index is 0.451. The number of hydrogen-bond donors (Lipinski definition) is 1. The van der Waals surface area contributed by atoms with Crippen LogP contribution in [0.2, 0.25) is 0 Å². The van der Waals surface area contributed by atoms with Crippen LogP contribution in [-0.2, 0) is 4.74 Å². The van der Waals surface area contributed by atoms with E-state index in [1.54, 1.807) is 6.33 Å². The van der Waals surface area contributed by atoms with Crippen LogP contribution < -0.4 is 5.32 Å². The lowest BCUT2D eigenvalue weighted by Gasteiger charge is -2.39. The molecule has 0 atom stereocenters. The predicted octanol–water partition coefficient (Wildman–Crippen LogP) is 3.45. The van der Waals surface area contributed by atoms with E-state index in [2.05, 4.69) is 42.3 Å². The summed E-state index contributed by atoms with van der Waals surface area (Å²) in [6.45, 7) is 5.79. The van der Waals surface area contributed by atoms with Crippen molar-refractivity contribution in [1.82, 2.24) is 24.8 Å². The molecule has 30 heavy (non-hydrogen) atoms. The number of aromatic nitrogens is 4. The molecule has 7 heteroatoms. The number of anilines is 1. The topological polar surface area (TPSA) is 76.1 Å². The second-order valence-corrected chi connectivity index (χ2v) is 8.27. The molecule has 1 saturated heterocycles. The molecule has 156 valence electrons. The summed E-state index contributed by atoms with van der Waals surface area (Å²) < 4.78 is 5.50. The molecule has 2 aromatic heterocycles. The maximum atomic E-state index is 5.50. The van der Waals surface area contributed by atoms with Gasteiger partial charge in [0.2, 0.25) is 0 Å². The smallest absolute Gasteiger partial charge is 0.137 e. The second kappa shape index (κ2) is 8.62. The highest BCUT2D eigenvalue weighted by Gasteiger charge is 2.27. The summed E-state index contributed by atoms with van der Waals surface area (Å²) in [5.41, 5.74) is 3.03. The van der Waals surface area contributed by atoms with Crippen molar-refractivity contribution in [3.8, 4) is 11.1 Å². The molecule has 1 aliphatic carbocycles. The first-order valence-electron chi connectivity index (χ1n) is 10.9. The van der Waals surface area contributed by atoms with Crippen LogP contribution in [0.4, 0.5) is 5.82 Å². The normalized spacial score (nSPS) is 22.8. The summed E-state index contributed by atoms with van der Waals surface area (Å²) in [5.74, 6) is 1.70. The van der Waals surface area contributed by atoms with Gasteiger partial charge in [-0.2, -0.15) is 0 Å². The molecule has 7 nitrogen and oxygen atoms in total. The largest absolute Gasteiger partial charge is 0.379 e. The van der Waals surface area contributed by atoms with Gasteiger partial charge in [0.05, 0.1) is 18.7 Å². The van der Waals surface area contributed by atoms with E-state index < -0.39 is 0 Å². The van der Waals surface area contributed by atoms with Gasteiger partial charge < -0.3 is 10.1 Å². The van der Waals surface area contributed by atoms with E-state index in [0.717, 1.165) is 60.0 Å². The predicted molar refractivity (Wildman–Crippen MR) is 117 cm³/mol. The van der Waals surface area contributed by atoms with Crippen LogP contribution in [0, 0.1) is 6.92 Å². The number of hydrogen-bond acceptors (Lipinski definition) is 7. The van der Waals surface area contributed by atoms with Gasteiger partial charge in [-0.1, -0.05) is 6.07 Å². The van der Waals surface area contributed by atoms with Crippen molar-refractivity contribution < 1.29 is 4.74 Å². The molecule has 0 spiro atoms. The Morgan fingerprint density at radius 3 is 2.47 bits per heavy atom. The lowest BCUT2D eigenvalue weighted by molar-refractivity contribution is 0.00791. The summed E-state index contributed by atoms with van der Waals surface area (Å²) in [4.78, 5) is 20.3. The van der Waals surface area contributed by atoms with Crippen LogP contribution >= 0.6 is 0 Å². The summed E-state index contributed by atoms with van der Waals surface area (Å²) in [6, 6.07) is 7.41. The number of morpholine rings is 1. The highest BCUT2D eigenvalue weighted by Crippen LogP contribution is 2.30. The number of ether oxygens (including phenoxy) is 1. The fourth-order valence-electron chi connectivity index (χ4n) is 4.61. The van der Waals surface area contributed by atoms with Crippen molar-refractivity contribution in [3.05, 3.63) is 42.7 Å². The molecule has 1 aliphatic heterocycles. The monoisotopic (exact) mass is 404 g/mol. The van der Waals surface area contributed by atoms with E-state index in [0.29, 0.717) is 12.1 Å². The van der Waals surface area contributed by atoms with E-state index in [-0.39, 0.29) is 0 Å². The maximum absolute atomic E-state index is 5.50. The SMILES string of the molecule is Cc1ncc(-c2ccc3ncnc(N[C@H]4CC[C@H](N5CCOCC5)CC4)c3c2)cn1. The Morgan fingerprint density at radius 1 is 0.933 bits per heavy atom. The van der Waals surface area contributed by atoms with Crippen molar-refractivity contribution in [2.45, 2.75) is 44.7 Å². The van der Waals surface area contributed by atoms with Gasteiger partial charge in [0.25, 0.3) is 0 Å². The first kappa shape index (κ1) is 19.3. The Hall–Kier alpha value is -2.64. The summed E-state index contributed by atoms with van der Waals surface area (Å²) in [5, 5.41) is 4.76. The fraction of sp³-hybridized carbons (Fsp3) is 0.478. The van der Waals surface area contributed by atoms with E-state index in [1.807, 2.05) is 25.4 Å². The minimum Gasteiger partial charge on any atom is -0.379 e. The summed E-state index contributed by atoms with van der Waals surface area (Å²) in [6.07, 6.45) is 10.2. The first-order chi connectivity index (χ1) is 14.8. The van der Waals surface area contributed by atoms with E-state index >= 15 is 0 Å². The average Bonchev–Trinajstić information content (AvgIpc) is 2.81. The van der Waals surface area contributed by atoms with Crippen molar-refractivity contribution >= 4 is 16.7 Å². The number of nitrogens with zero attached hydrogens (tertiary/aromatic N) is 5. The number of rotatable bonds is 4. The van der Waals surface area contributed by atoms with Crippen molar-refractivity contribution in [2.75, 3.05) is 31.6 Å². The van der Waals surface area contributed by atoms with Crippen molar-refractivity contribution in [3.63, 3.8) is 0 Å². The number of aryl methyl sites for hydroxylation is 1. The van der Waals surface area contributed by atoms with Gasteiger partial charge in [-0.3, -0.25) is 4.90 Å². The zero-order chi connectivity index (χ0) is 20.3. The highest BCUT2D eigenvalue weighted by molar-refractivity contribution is 5.92. The number of benzene rings is 1. The third-order valence-electron chi connectivity index (χ3n) is 6.35. The van der Waals surface area contributed by atoms with E-state index in [4.69, 9.17) is 4.74 Å². The third kappa shape index (κ3) is 4.13. The molecular formula is C23H28N6O. The van der Waals surface area contributed by atoms with Crippen LogP contribution in [-0.4, -0.2) is 63.2 Å². The molecule has 0 amide bonds. The van der Waals surface area contributed by atoms with Crippen molar-refractivity contribution in [2.24, 2.45) is 0 Å². The van der Waals surface area contributed by atoms with Crippen LogP contribution in [0.25, 0.3) is 22.0 Å². The lowest BCUT2D eigenvalue weighted by atomic mass is 9.90. The fourth-order valence-corrected chi connectivity index (χ4v) is 4.61. The minimum absolute atomic E-state index is 0.451. The highest BCUT2D eigenvalue weighted by atomic mass is 16.5. The Morgan fingerprint density at radius 2 is 1.70 bits per heavy atom. The maximum Gasteiger partial charge on any atom is 0.137 e. The van der Waals surface area contributed by atoms with Gasteiger partial charge in [0.1, 0.15) is 18.0 Å². The summed E-state index contributed by atoms with van der Waals surface area (Å²) >= 11 is 0. The average molecular weight is 405 g/mol. The quantitative estimate of drug-likeness (QED) is 0.714. The van der Waals surface area contributed by atoms with Crippen LogP contribution in [0.5, 0.6) is 0 Å².